The molecule has 7 heteroatoms. The van der Waals surface area contributed by atoms with Crippen LogP contribution in [-0.2, 0) is 0 Å². The molecular weight excluding hydrogens is 204 g/mol. The maximum Gasteiger partial charge on any atom is 0.354 e. The maximum absolute atomic E-state index is 10.5. The van der Waals surface area contributed by atoms with E-state index in [-0.39, 0.29) is 5.82 Å². The molecule has 0 saturated heterocycles. The number of hydrogen-bond acceptors (Lipinski definition) is 5. The highest BCUT2D eigenvalue weighted by Gasteiger charge is 2.17. The first-order chi connectivity index (χ1) is 6.65. The third-order valence-electron chi connectivity index (χ3n) is 1.41. The number of imidazole rings is 1. The topological polar surface area (TPSA) is 95.6 Å². The van der Waals surface area contributed by atoms with Crippen molar-refractivity contribution in [2.24, 2.45) is 0 Å². The molecular formula is C7H8N4O2S. The molecule has 1 aromatic heterocycles. The minimum atomic E-state index is -0.505. The summed E-state index contributed by atoms with van der Waals surface area (Å²) in [6.45, 7) is 1.65. The van der Waals surface area contributed by atoms with Gasteiger partial charge < -0.3 is 10.1 Å². The summed E-state index contributed by atoms with van der Waals surface area (Å²) in [5.41, 5.74) is 0. The minimum Gasteiger partial charge on any atom is -0.358 e. The second-order valence-corrected chi connectivity index (χ2v) is 3.57. The van der Waals surface area contributed by atoms with E-state index in [1.807, 2.05) is 6.07 Å². The molecule has 0 aromatic carbocycles. The Morgan fingerprint density at radius 1 is 1.79 bits per heavy atom. The van der Waals surface area contributed by atoms with E-state index in [4.69, 9.17) is 5.26 Å². The number of H-pyrrole nitrogens is 1. The molecule has 14 heavy (non-hydrogen) atoms. The van der Waals surface area contributed by atoms with E-state index < -0.39 is 4.92 Å². The normalized spacial score (nSPS) is 9.71. The van der Waals surface area contributed by atoms with Gasteiger partial charge in [0.05, 0.1) is 6.07 Å². The zero-order chi connectivity index (χ0) is 10.6. The number of nitriles is 1. The van der Waals surface area contributed by atoms with Crippen LogP contribution in [0.3, 0.4) is 0 Å². The molecule has 0 amide bonds. The lowest BCUT2D eigenvalue weighted by Gasteiger charge is -1.93. The first-order valence-corrected chi connectivity index (χ1v) is 4.84. The van der Waals surface area contributed by atoms with Gasteiger partial charge in [-0.05, 0) is 4.92 Å². The van der Waals surface area contributed by atoms with Gasteiger partial charge in [0.2, 0.25) is 0 Å². The minimum absolute atomic E-state index is 0.0922. The van der Waals surface area contributed by atoms with Gasteiger partial charge in [-0.15, -0.1) is 0 Å². The van der Waals surface area contributed by atoms with Crippen LogP contribution in [0.2, 0.25) is 0 Å². The second kappa shape index (κ2) is 4.62. The fraction of sp³-hybridized carbons (Fsp3) is 0.429. The van der Waals surface area contributed by atoms with Crippen molar-refractivity contribution in [1.82, 2.24) is 9.97 Å². The molecule has 0 spiro atoms. The van der Waals surface area contributed by atoms with Crippen LogP contribution in [-0.4, -0.2) is 20.6 Å². The predicted octanol–water partition coefficient (Wildman–Crippen LogP) is 1.63. The predicted molar refractivity (Wildman–Crippen MR) is 50.9 cm³/mol. The van der Waals surface area contributed by atoms with Crippen LogP contribution in [0.1, 0.15) is 12.2 Å². The lowest BCUT2D eigenvalue weighted by molar-refractivity contribution is -0.392. The number of aromatic nitrogens is 2. The van der Waals surface area contributed by atoms with Crippen molar-refractivity contribution >= 4 is 17.6 Å². The van der Waals surface area contributed by atoms with Crippen LogP contribution in [0.25, 0.3) is 0 Å². The van der Waals surface area contributed by atoms with Crippen molar-refractivity contribution in [3.63, 3.8) is 0 Å². The fourth-order valence-electron chi connectivity index (χ4n) is 0.876. The highest BCUT2D eigenvalue weighted by molar-refractivity contribution is 7.99. The van der Waals surface area contributed by atoms with E-state index in [1.165, 1.54) is 11.8 Å². The molecule has 6 nitrogen and oxygen atoms in total. The number of nitrogens with one attached hydrogen (secondary N) is 1. The maximum atomic E-state index is 10.5. The van der Waals surface area contributed by atoms with Crippen LogP contribution in [0, 0.1) is 28.4 Å². The third-order valence-corrected chi connectivity index (χ3v) is 2.37. The summed E-state index contributed by atoms with van der Waals surface area (Å²) in [5, 5.41) is 19.2. The Morgan fingerprint density at radius 3 is 3.07 bits per heavy atom. The van der Waals surface area contributed by atoms with Crippen molar-refractivity contribution in [2.45, 2.75) is 18.4 Å². The van der Waals surface area contributed by atoms with Gasteiger partial charge in [-0.25, -0.2) is 4.98 Å². The number of thioether (sulfide) groups is 1. The lowest BCUT2D eigenvalue weighted by Crippen LogP contribution is -1.90. The van der Waals surface area contributed by atoms with Crippen molar-refractivity contribution in [3.05, 3.63) is 15.9 Å². The Balaban J connectivity index is 2.75. The zero-order valence-electron chi connectivity index (χ0n) is 7.48. The Bertz CT molecular complexity index is 382. The van der Waals surface area contributed by atoms with Gasteiger partial charge in [0.25, 0.3) is 0 Å². The Labute approximate surface area is 84.5 Å². The average molecular weight is 212 g/mol. The van der Waals surface area contributed by atoms with Crippen LogP contribution in [0.15, 0.2) is 5.03 Å². The quantitative estimate of drug-likeness (QED) is 0.354. The summed E-state index contributed by atoms with van der Waals surface area (Å²) in [6, 6.07) is 1.96. The first kappa shape index (κ1) is 10.5. The van der Waals surface area contributed by atoms with Gasteiger partial charge >= 0.3 is 5.82 Å². The van der Waals surface area contributed by atoms with Gasteiger partial charge in [0.1, 0.15) is 0 Å². The molecule has 0 aliphatic carbocycles. The molecule has 0 atom stereocenters. The van der Waals surface area contributed by atoms with Gasteiger partial charge in [-0.3, -0.25) is 0 Å². The molecule has 1 rings (SSSR count). The monoisotopic (exact) mass is 212 g/mol. The molecule has 0 bridgehead atoms. The van der Waals surface area contributed by atoms with Gasteiger partial charge in [-0.1, -0.05) is 11.8 Å². The van der Waals surface area contributed by atoms with Crippen molar-refractivity contribution < 1.29 is 4.92 Å². The van der Waals surface area contributed by atoms with Gasteiger partial charge in [0, 0.05) is 19.1 Å². The Kier molecular flexibility index (Phi) is 3.48. The summed E-state index contributed by atoms with van der Waals surface area (Å²) in [7, 11) is 0. The summed E-state index contributed by atoms with van der Waals surface area (Å²) >= 11 is 1.21. The van der Waals surface area contributed by atoms with E-state index in [0.29, 0.717) is 23.0 Å². The molecule has 1 heterocycles. The largest absolute Gasteiger partial charge is 0.358 e. The number of aromatic amines is 1. The summed E-state index contributed by atoms with van der Waals surface area (Å²) in [5.74, 6) is 0.934. The highest BCUT2D eigenvalue weighted by atomic mass is 32.2. The van der Waals surface area contributed by atoms with E-state index in [9.17, 15) is 10.1 Å². The molecule has 0 radical (unpaired) electrons. The first-order valence-electron chi connectivity index (χ1n) is 3.86. The van der Waals surface area contributed by atoms with Gasteiger partial charge in [0.15, 0.2) is 10.9 Å². The van der Waals surface area contributed by atoms with E-state index >= 15 is 0 Å². The number of rotatable bonds is 4. The third kappa shape index (κ3) is 2.47. The number of aryl methyl sites for hydroxylation is 1. The summed E-state index contributed by atoms with van der Waals surface area (Å²) < 4.78 is 0. The van der Waals surface area contributed by atoms with Crippen LogP contribution < -0.4 is 0 Å². The lowest BCUT2D eigenvalue weighted by atomic mass is 10.6. The van der Waals surface area contributed by atoms with Crippen LogP contribution >= 0.6 is 11.8 Å². The van der Waals surface area contributed by atoms with Crippen LogP contribution in [0.4, 0.5) is 5.82 Å². The van der Waals surface area contributed by atoms with Crippen molar-refractivity contribution in [3.8, 4) is 6.07 Å². The molecule has 0 saturated carbocycles. The molecule has 74 valence electrons. The van der Waals surface area contributed by atoms with E-state index in [2.05, 4.69) is 9.97 Å². The number of hydrogen-bond donors (Lipinski definition) is 1. The highest BCUT2D eigenvalue weighted by Crippen LogP contribution is 2.26. The van der Waals surface area contributed by atoms with Crippen molar-refractivity contribution in [2.75, 3.05) is 5.75 Å². The summed E-state index contributed by atoms with van der Waals surface area (Å²) in [6.07, 6.45) is 0.355. The zero-order valence-corrected chi connectivity index (χ0v) is 8.30. The molecule has 0 aliphatic heterocycles. The standard InChI is InChI=1S/C7H8N4O2S/c1-5-9-6(11(12)13)7(10-5)14-4-2-3-8/h2,4H2,1H3,(H,9,10). The molecule has 1 aromatic rings. The van der Waals surface area contributed by atoms with Crippen LogP contribution in [0.5, 0.6) is 0 Å². The second-order valence-electron chi connectivity index (χ2n) is 2.49. The van der Waals surface area contributed by atoms with E-state index in [1.54, 1.807) is 6.92 Å². The van der Waals surface area contributed by atoms with Gasteiger partial charge in [-0.2, -0.15) is 10.2 Å². The summed E-state index contributed by atoms with van der Waals surface area (Å²) in [4.78, 5) is 16.5. The molecule has 1 N–H and O–H groups in total. The molecule has 0 unspecified atom stereocenters. The van der Waals surface area contributed by atoms with Crippen molar-refractivity contribution in [1.29, 1.82) is 5.26 Å². The molecule has 0 fully saturated rings. The fourth-order valence-corrected chi connectivity index (χ4v) is 1.73. The number of nitro groups is 1. The van der Waals surface area contributed by atoms with E-state index in [0.717, 1.165) is 0 Å². The number of nitrogens with zero attached hydrogens (tertiary/aromatic N) is 3. The Morgan fingerprint density at radius 2 is 2.50 bits per heavy atom. The SMILES string of the molecule is Cc1nc(SCCC#N)c([N+](=O)[O-])[nH]1. The molecule has 0 aliphatic rings. The smallest absolute Gasteiger partial charge is 0.354 e. The average Bonchev–Trinajstić information content (AvgIpc) is 2.47. The Hall–Kier alpha value is -1.55.